The van der Waals surface area contributed by atoms with E-state index in [0.29, 0.717) is 11.4 Å². The molecule has 1 heterocycles. The van der Waals surface area contributed by atoms with E-state index in [2.05, 4.69) is 5.32 Å². The van der Waals surface area contributed by atoms with E-state index in [9.17, 15) is 9.59 Å². The zero-order valence-corrected chi connectivity index (χ0v) is 10.6. The lowest BCUT2D eigenvalue weighted by Gasteiger charge is -2.20. The molecular weight excluding hydrogens is 230 g/mol. The minimum Gasteiger partial charge on any atom is -0.322 e. The summed E-state index contributed by atoms with van der Waals surface area (Å²) in [5.74, 6) is 4.98. The molecule has 0 spiro atoms. The second kappa shape index (κ2) is 4.42. The Labute approximate surface area is 106 Å². The second-order valence-electron chi connectivity index (χ2n) is 4.92. The van der Waals surface area contributed by atoms with E-state index in [-0.39, 0.29) is 5.91 Å². The number of nitrogens with zero attached hydrogens (tertiary/aromatic N) is 1. The molecule has 0 bridgehead atoms. The predicted molar refractivity (Wildman–Crippen MR) is 67.5 cm³/mol. The Balaban J connectivity index is 2.04. The van der Waals surface area contributed by atoms with Gasteiger partial charge in [-0.25, -0.2) is 10.6 Å². The Hall–Kier alpha value is -1.88. The smallest absolute Gasteiger partial charge is 0.322 e. The highest BCUT2D eigenvalue weighted by molar-refractivity contribution is 6.06. The van der Waals surface area contributed by atoms with Crippen LogP contribution in [0.1, 0.15) is 24.5 Å². The molecule has 96 valence electrons. The summed E-state index contributed by atoms with van der Waals surface area (Å²) in [6.45, 7) is 3.73. The van der Waals surface area contributed by atoms with Gasteiger partial charge in [0.1, 0.15) is 5.54 Å². The van der Waals surface area contributed by atoms with E-state index >= 15 is 0 Å². The molecule has 1 aromatic carbocycles. The first-order chi connectivity index (χ1) is 8.42. The summed E-state index contributed by atoms with van der Waals surface area (Å²) in [4.78, 5) is 23.2. The molecular formula is C13H17N3O2. The van der Waals surface area contributed by atoms with E-state index in [4.69, 9.17) is 5.84 Å². The molecule has 1 unspecified atom stereocenters. The van der Waals surface area contributed by atoms with Crippen LogP contribution >= 0.6 is 0 Å². The van der Waals surface area contributed by atoms with Crippen LogP contribution in [0.3, 0.4) is 0 Å². The lowest BCUT2D eigenvalue weighted by Crippen LogP contribution is -2.45. The van der Waals surface area contributed by atoms with Crippen LogP contribution in [0.5, 0.6) is 0 Å². The normalized spacial score (nSPS) is 23.4. The molecule has 1 saturated heterocycles. The number of rotatable bonds is 3. The molecule has 1 aliphatic heterocycles. The number of urea groups is 1. The molecule has 1 fully saturated rings. The standard InChI is InChI=1S/C13H17N3O2/c1-9-3-5-10(6-4-9)7-8-13(2)11(17)16(14)12(18)15-13/h3-6H,7-8,14H2,1-2H3,(H,15,18). The number of amides is 3. The zero-order valence-electron chi connectivity index (χ0n) is 10.6. The molecule has 3 amide bonds. The topological polar surface area (TPSA) is 75.4 Å². The fourth-order valence-corrected chi connectivity index (χ4v) is 2.03. The van der Waals surface area contributed by atoms with Gasteiger partial charge in [-0.15, -0.1) is 0 Å². The minimum absolute atomic E-state index is 0.375. The van der Waals surface area contributed by atoms with Crippen LogP contribution in [0, 0.1) is 6.92 Å². The van der Waals surface area contributed by atoms with Gasteiger partial charge in [0.25, 0.3) is 5.91 Å². The molecule has 1 aromatic rings. The molecule has 5 heteroatoms. The highest BCUT2D eigenvalue weighted by Crippen LogP contribution is 2.21. The number of imide groups is 1. The van der Waals surface area contributed by atoms with Crippen molar-refractivity contribution in [2.24, 2.45) is 5.84 Å². The van der Waals surface area contributed by atoms with Crippen molar-refractivity contribution in [3.63, 3.8) is 0 Å². The number of benzene rings is 1. The van der Waals surface area contributed by atoms with Gasteiger partial charge in [-0.2, -0.15) is 5.01 Å². The third-order valence-electron chi connectivity index (χ3n) is 3.33. The van der Waals surface area contributed by atoms with Crippen molar-refractivity contribution in [3.8, 4) is 0 Å². The maximum absolute atomic E-state index is 11.8. The third-order valence-corrected chi connectivity index (χ3v) is 3.33. The maximum Gasteiger partial charge on any atom is 0.339 e. The van der Waals surface area contributed by atoms with E-state index in [0.717, 1.165) is 12.0 Å². The van der Waals surface area contributed by atoms with Crippen LogP contribution in [-0.2, 0) is 11.2 Å². The van der Waals surface area contributed by atoms with Gasteiger partial charge in [-0.3, -0.25) is 4.79 Å². The van der Waals surface area contributed by atoms with Crippen molar-refractivity contribution in [1.29, 1.82) is 0 Å². The number of aryl methyl sites for hydroxylation is 2. The molecule has 1 atom stereocenters. The summed E-state index contributed by atoms with van der Waals surface area (Å²) >= 11 is 0. The van der Waals surface area contributed by atoms with Crippen LogP contribution in [0.25, 0.3) is 0 Å². The average Bonchev–Trinajstić information content (AvgIpc) is 2.53. The summed E-state index contributed by atoms with van der Waals surface area (Å²) in [5.41, 5.74) is 1.44. The number of hydrogen-bond donors (Lipinski definition) is 2. The molecule has 3 N–H and O–H groups in total. The van der Waals surface area contributed by atoms with Crippen LogP contribution in [0.4, 0.5) is 4.79 Å². The lowest BCUT2D eigenvalue weighted by molar-refractivity contribution is -0.131. The number of hydrogen-bond acceptors (Lipinski definition) is 3. The molecule has 0 aromatic heterocycles. The monoisotopic (exact) mass is 247 g/mol. The number of carbonyl (C=O) groups is 2. The SMILES string of the molecule is Cc1ccc(CCC2(C)NC(=O)N(N)C2=O)cc1. The minimum atomic E-state index is -0.892. The Kier molecular flexibility index (Phi) is 3.09. The van der Waals surface area contributed by atoms with Gasteiger partial charge in [0, 0.05) is 0 Å². The molecule has 5 nitrogen and oxygen atoms in total. The summed E-state index contributed by atoms with van der Waals surface area (Å²) in [7, 11) is 0. The molecule has 0 saturated carbocycles. The Morgan fingerprint density at radius 1 is 1.28 bits per heavy atom. The average molecular weight is 247 g/mol. The number of nitrogens with one attached hydrogen (secondary N) is 1. The molecule has 2 rings (SSSR count). The van der Waals surface area contributed by atoms with Crippen LogP contribution in [0.2, 0.25) is 0 Å². The zero-order chi connectivity index (χ0) is 13.3. The van der Waals surface area contributed by atoms with Crippen LogP contribution < -0.4 is 11.2 Å². The van der Waals surface area contributed by atoms with Crippen LogP contribution in [-0.4, -0.2) is 22.5 Å². The Morgan fingerprint density at radius 3 is 2.39 bits per heavy atom. The van der Waals surface area contributed by atoms with Crippen molar-refractivity contribution in [2.75, 3.05) is 0 Å². The molecule has 0 aliphatic carbocycles. The summed E-state index contributed by atoms with van der Waals surface area (Å²) < 4.78 is 0. The third kappa shape index (κ3) is 2.22. The summed E-state index contributed by atoms with van der Waals surface area (Å²) in [6, 6.07) is 7.58. The van der Waals surface area contributed by atoms with E-state index in [1.807, 2.05) is 31.2 Å². The first kappa shape index (κ1) is 12.6. The Bertz CT molecular complexity index is 484. The predicted octanol–water partition coefficient (Wildman–Crippen LogP) is 1.11. The van der Waals surface area contributed by atoms with Gasteiger partial charge in [0.05, 0.1) is 0 Å². The first-order valence-corrected chi connectivity index (χ1v) is 5.89. The van der Waals surface area contributed by atoms with Crippen molar-refractivity contribution < 1.29 is 9.59 Å². The first-order valence-electron chi connectivity index (χ1n) is 5.89. The highest BCUT2D eigenvalue weighted by Gasteiger charge is 2.46. The van der Waals surface area contributed by atoms with Crippen molar-refractivity contribution in [3.05, 3.63) is 35.4 Å². The van der Waals surface area contributed by atoms with Crippen molar-refractivity contribution in [2.45, 2.75) is 32.2 Å². The highest BCUT2D eigenvalue weighted by atomic mass is 16.2. The number of nitrogens with two attached hydrogens (primary N) is 1. The fraction of sp³-hybridized carbons (Fsp3) is 0.385. The largest absolute Gasteiger partial charge is 0.339 e. The number of carbonyl (C=O) groups excluding carboxylic acids is 2. The fourth-order valence-electron chi connectivity index (χ4n) is 2.03. The van der Waals surface area contributed by atoms with Gasteiger partial charge >= 0.3 is 6.03 Å². The lowest BCUT2D eigenvalue weighted by atomic mass is 9.93. The molecule has 18 heavy (non-hydrogen) atoms. The van der Waals surface area contributed by atoms with E-state index in [1.165, 1.54) is 5.56 Å². The van der Waals surface area contributed by atoms with Crippen LogP contribution in [0.15, 0.2) is 24.3 Å². The summed E-state index contributed by atoms with van der Waals surface area (Å²) in [5, 5.41) is 3.27. The molecule has 0 radical (unpaired) electrons. The van der Waals surface area contributed by atoms with Crippen molar-refractivity contribution >= 4 is 11.9 Å². The number of hydrazine groups is 1. The summed E-state index contributed by atoms with van der Waals surface area (Å²) in [6.07, 6.45) is 1.25. The second-order valence-corrected chi connectivity index (χ2v) is 4.92. The Morgan fingerprint density at radius 2 is 1.89 bits per heavy atom. The van der Waals surface area contributed by atoms with E-state index < -0.39 is 11.6 Å². The molecule has 1 aliphatic rings. The van der Waals surface area contributed by atoms with Gasteiger partial charge in [-0.05, 0) is 32.3 Å². The maximum atomic E-state index is 11.8. The van der Waals surface area contributed by atoms with Gasteiger partial charge in [-0.1, -0.05) is 29.8 Å². The van der Waals surface area contributed by atoms with Gasteiger partial charge in [0.15, 0.2) is 0 Å². The van der Waals surface area contributed by atoms with Crippen molar-refractivity contribution in [1.82, 2.24) is 10.3 Å². The quantitative estimate of drug-likeness (QED) is 0.477. The van der Waals surface area contributed by atoms with Gasteiger partial charge in [0.2, 0.25) is 0 Å². The van der Waals surface area contributed by atoms with E-state index in [1.54, 1.807) is 6.92 Å². The van der Waals surface area contributed by atoms with Gasteiger partial charge < -0.3 is 5.32 Å².